The molecule has 7 nitrogen and oxygen atoms in total. The summed E-state index contributed by atoms with van der Waals surface area (Å²) >= 11 is 0. The summed E-state index contributed by atoms with van der Waals surface area (Å²) in [5, 5.41) is 8.88. The van der Waals surface area contributed by atoms with Gasteiger partial charge < -0.3 is 5.73 Å². The number of carbonyl (C=O) groups excluding carboxylic acids is 1. The van der Waals surface area contributed by atoms with E-state index in [0.29, 0.717) is 0 Å². The van der Waals surface area contributed by atoms with Crippen molar-refractivity contribution in [3.05, 3.63) is 66.4 Å². The Kier molecular flexibility index (Phi) is 4.61. The van der Waals surface area contributed by atoms with E-state index in [4.69, 9.17) is 10.9 Å². The fourth-order valence-corrected chi connectivity index (χ4v) is 3.23. The molecule has 0 saturated heterocycles. The molecule has 28 heavy (non-hydrogen) atoms. The summed E-state index contributed by atoms with van der Waals surface area (Å²) < 4.78 is 61.7. The highest BCUT2D eigenvalue weighted by Gasteiger charge is 2.45. The fraction of sp³-hybridized carbons (Fsp3) is 0.0588. The van der Waals surface area contributed by atoms with Gasteiger partial charge in [-0.1, -0.05) is 5.10 Å². The number of primary amides is 1. The first kappa shape index (κ1) is 19.7. The lowest BCUT2D eigenvalue weighted by Gasteiger charge is -2.25. The van der Waals surface area contributed by atoms with E-state index < -0.39 is 32.4 Å². The number of nitrogens with two attached hydrogens (primary N) is 2. The fourth-order valence-electron chi connectivity index (χ4n) is 2.72. The van der Waals surface area contributed by atoms with Crippen LogP contribution in [0.3, 0.4) is 0 Å². The summed E-state index contributed by atoms with van der Waals surface area (Å²) in [6, 6.07) is 10.6. The van der Waals surface area contributed by atoms with Gasteiger partial charge in [-0.15, -0.1) is 4.59 Å². The number of sulfonamides is 1. The van der Waals surface area contributed by atoms with Crippen molar-refractivity contribution in [1.29, 1.82) is 0 Å². The average molecular weight is 411 g/mol. The summed E-state index contributed by atoms with van der Waals surface area (Å²) in [5.41, 5.74) is 4.77. The molecule has 1 amide bonds. The maximum absolute atomic E-state index is 13.2. The lowest BCUT2D eigenvalue weighted by molar-refractivity contribution is -0.0580. The Labute approximate surface area is 158 Å². The van der Waals surface area contributed by atoms with Gasteiger partial charge in [0.15, 0.2) is 11.4 Å². The van der Waals surface area contributed by atoms with E-state index in [0.717, 1.165) is 6.08 Å². The summed E-state index contributed by atoms with van der Waals surface area (Å²) in [5.74, 6) is -0.688. The van der Waals surface area contributed by atoms with Crippen molar-refractivity contribution in [2.24, 2.45) is 16.0 Å². The number of primary sulfonamides is 1. The molecule has 146 valence electrons. The van der Waals surface area contributed by atoms with E-state index in [1.165, 1.54) is 54.7 Å². The molecular weight excluding hydrogens is 397 g/mol. The zero-order valence-corrected chi connectivity index (χ0v) is 14.9. The minimum absolute atomic E-state index is 0.176. The molecular formula is C17H14F3N4O3S+. The van der Waals surface area contributed by atoms with E-state index in [2.05, 4.69) is 5.10 Å². The molecule has 1 unspecified atom stereocenters. The smallest absolute Gasteiger partial charge is 0.366 e. The molecule has 0 spiro atoms. The second-order valence-electron chi connectivity index (χ2n) is 5.93. The van der Waals surface area contributed by atoms with Crippen molar-refractivity contribution in [3.8, 4) is 0 Å². The number of benzene rings is 2. The van der Waals surface area contributed by atoms with Crippen molar-refractivity contribution < 1.29 is 26.4 Å². The first-order valence-electron chi connectivity index (χ1n) is 7.73. The molecule has 1 aliphatic rings. The third kappa shape index (κ3) is 3.54. The van der Waals surface area contributed by atoms with Crippen LogP contribution in [0.4, 0.5) is 24.5 Å². The first-order valence-corrected chi connectivity index (χ1v) is 9.27. The number of allylic oxidation sites excluding steroid dienone is 1. The Morgan fingerprint density at radius 3 is 1.86 bits per heavy atom. The van der Waals surface area contributed by atoms with Crippen LogP contribution in [0, 0.1) is 0 Å². The Morgan fingerprint density at radius 1 is 0.964 bits per heavy atom. The van der Waals surface area contributed by atoms with Gasteiger partial charge in [-0.05, 0) is 24.3 Å². The van der Waals surface area contributed by atoms with Crippen LogP contribution in [0.5, 0.6) is 0 Å². The predicted octanol–water partition coefficient (Wildman–Crippen LogP) is 2.52. The van der Waals surface area contributed by atoms with E-state index in [1.54, 1.807) is 0 Å². The highest BCUT2D eigenvalue weighted by atomic mass is 32.2. The van der Waals surface area contributed by atoms with Crippen molar-refractivity contribution in [3.63, 3.8) is 0 Å². The molecule has 0 radical (unpaired) electrons. The van der Waals surface area contributed by atoms with Crippen LogP contribution in [-0.2, 0) is 10.0 Å². The van der Waals surface area contributed by atoms with Crippen LogP contribution in [0.25, 0.3) is 0 Å². The van der Waals surface area contributed by atoms with Gasteiger partial charge in [0, 0.05) is 35.9 Å². The zero-order chi connectivity index (χ0) is 20.7. The maximum atomic E-state index is 13.2. The number of quaternary nitrogens is 1. The molecule has 11 heteroatoms. The molecule has 0 bridgehead atoms. The Hall–Kier alpha value is -3.02. The van der Waals surface area contributed by atoms with E-state index >= 15 is 0 Å². The Bertz CT molecular complexity index is 1090. The first-order chi connectivity index (χ1) is 12.9. The average Bonchev–Trinajstić information content (AvgIpc) is 3.08. The molecule has 2 aromatic carbocycles. The number of nitrogens with zero attached hydrogens (tertiary/aromatic N) is 2. The quantitative estimate of drug-likeness (QED) is 0.753. The van der Waals surface area contributed by atoms with Crippen LogP contribution in [0.1, 0.15) is 10.4 Å². The summed E-state index contributed by atoms with van der Waals surface area (Å²) in [6.07, 6.45) is -2.65. The number of hydrogen-bond donors (Lipinski definition) is 2. The van der Waals surface area contributed by atoms with Crippen molar-refractivity contribution in [2.75, 3.05) is 0 Å². The lowest BCUT2D eigenvalue weighted by atomic mass is 10.1. The van der Waals surface area contributed by atoms with Crippen LogP contribution in [-0.4, -0.2) is 26.2 Å². The van der Waals surface area contributed by atoms with Gasteiger partial charge in [0.05, 0.1) is 4.90 Å². The normalized spacial score (nSPS) is 19.5. The minimum Gasteiger partial charge on any atom is -0.366 e. The van der Waals surface area contributed by atoms with E-state index in [9.17, 15) is 26.4 Å². The molecule has 4 N–H and O–H groups in total. The van der Waals surface area contributed by atoms with E-state index in [-0.39, 0.29) is 21.8 Å². The largest absolute Gasteiger partial charge is 0.438 e. The SMILES string of the molecule is NC(=O)c1ccc([N+]2(c3ccc(S(N)(=O)=O)cc3)C=CC(C(F)(F)F)=N2)cc1. The van der Waals surface area contributed by atoms with Crippen molar-refractivity contribution in [2.45, 2.75) is 11.1 Å². The summed E-state index contributed by atoms with van der Waals surface area (Å²) in [6.45, 7) is 0. The monoisotopic (exact) mass is 411 g/mol. The van der Waals surface area contributed by atoms with Gasteiger partial charge in [0.1, 0.15) is 6.20 Å². The second-order valence-corrected chi connectivity index (χ2v) is 7.50. The molecule has 1 heterocycles. The summed E-state index contributed by atoms with van der Waals surface area (Å²) in [7, 11) is -3.97. The number of hydrogen-bond acceptors (Lipinski definition) is 4. The molecule has 0 aliphatic carbocycles. The third-order valence-electron chi connectivity index (χ3n) is 4.11. The van der Waals surface area contributed by atoms with Gasteiger partial charge >= 0.3 is 6.18 Å². The number of halogens is 3. The molecule has 1 aliphatic heterocycles. The molecule has 0 saturated carbocycles. The highest BCUT2D eigenvalue weighted by molar-refractivity contribution is 7.89. The van der Waals surface area contributed by atoms with Gasteiger partial charge in [-0.25, -0.2) is 13.6 Å². The van der Waals surface area contributed by atoms with Gasteiger partial charge in [-0.3, -0.25) is 4.79 Å². The molecule has 1 atom stereocenters. The maximum Gasteiger partial charge on any atom is 0.438 e. The minimum atomic E-state index is -4.68. The molecule has 0 fully saturated rings. The predicted molar refractivity (Wildman–Crippen MR) is 96.9 cm³/mol. The van der Waals surface area contributed by atoms with E-state index in [1.807, 2.05) is 0 Å². The lowest BCUT2D eigenvalue weighted by Crippen LogP contribution is -2.32. The van der Waals surface area contributed by atoms with Crippen molar-refractivity contribution in [1.82, 2.24) is 4.59 Å². The highest BCUT2D eigenvalue weighted by Crippen LogP contribution is 2.41. The third-order valence-corrected chi connectivity index (χ3v) is 5.04. The Morgan fingerprint density at radius 2 is 1.46 bits per heavy atom. The van der Waals surface area contributed by atoms with Crippen LogP contribution in [0.2, 0.25) is 0 Å². The zero-order valence-electron chi connectivity index (χ0n) is 14.1. The van der Waals surface area contributed by atoms with Gasteiger partial charge in [-0.2, -0.15) is 13.2 Å². The number of alkyl halides is 3. The van der Waals surface area contributed by atoms with Crippen molar-refractivity contribution >= 4 is 33.0 Å². The summed E-state index contributed by atoms with van der Waals surface area (Å²) in [4.78, 5) is 11.1. The topological polar surface area (TPSA) is 116 Å². The number of rotatable bonds is 4. The van der Waals surface area contributed by atoms with Crippen LogP contribution in [0.15, 0.2) is 70.8 Å². The van der Waals surface area contributed by atoms with Crippen LogP contribution >= 0.6 is 0 Å². The molecule has 3 rings (SSSR count). The van der Waals surface area contributed by atoms with Crippen LogP contribution < -0.4 is 15.5 Å². The second kappa shape index (κ2) is 6.55. The standard InChI is InChI=1S/C17H13F3N4O3S/c18-17(19,20)15-9-10-24(23-15,12-3-1-11(2-4-12)16(21)25)13-5-7-14(8-6-13)28(22,26)27/h1-10H,(H3-,21,22,25,26,27)/p+1. The van der Waals surface area contributed by atoms with Gasteiger partial charge in [0.2, 0.25) is 21.6 Å². The number of amides is 1. The Balaban J connectivity index is 2.18. The molecule has 2 aromatic rings. The number of carbonyl (C=O) groups is 1. The molecule has 0 aromatic heterocycles. The van der Waals surface area contributed by atoms with Gasteiger partial charge in [0.25, 0.3) is 0 Å².